The van der Waals surface area contributed by atoms with Gasteiger partial charge in [-0.05, 0) is 18.6 Å². The second kappa shape index (κ2) is 5.37. The van der Waals surface area contributed by atoms with Crippen LogP contribution in [0.3, 0.4) is 0 Å². The molecule has 1 aliphatic rings. The molecule has 1 aliphatic carbocycles. The number of hydrogen-bond acceptors (Lipinski definition) is 3. The molecule has 0 radical (unpaired) electrons. The summed E-state index contributed by atoms with van der Waals surface area (Å²) in [5.41, 5.74) is 1.30. The smallest absolute Gasteiger partial charge is 0.229 e. The van der Waals surface area contributed by atoms with Gasteiger partial charge in [-0.3, -0.25) is 9.59 Å². The zero-order valence-corrected chi connectivity index (χ0v) is 11.6. The molecular weight excluding hydrogens is 264 g/mol. The molecule has 0 aliphatic heterocycles. The molecule has 3 nitrogen and oxygen atoms in total. The van der Waals surface area contributed by atoms with E-state index in [1.165, 1.54) is 0 Å². The van der Waals surface area contributed by atoms with Crippen molar-refractivity contribution in [3.05, 3.63) is 77.1 Å². The van der Waals surface area contributed by atoms with Gasteiger partial charge in [0.25, 0.3) is 0 Å². The molecule has 0 fully saturated rings. The summed E-state index contributed by atoms with van der Waals surface area (Å²) in [4.78, 5) is 25.1. The van der Waals surface area contributed by atoms with Gasteiger partial charge in [0.15, 0.2) is 11.5 Å². The Balaban J connectivity index is 2.09. The van der Waals surface area contributed by atoms with E-state index in [9.17, 15) is 9.59 Å². The van der Waals surface area contributed by atoms with Gasteiger partial charge in [0.1, 0.15) is 5.75 Å². The summed E-state index contributed by atoms with van der Waals surface area (Å²) in [6.45, 7) is 1.85. The number of hydrogen-bond donors (Lipinski definition) is 0. The lowest BCUT2D eigenvalue weighted by Gasteiger charge is -2.20. The van der Waals surface area contributed by atoms with Crippen LogP contribution in [-0.2, 0) is 0 Å². The Labute approximate surface area is 122 Å². The van der Waals surface area contributed by atoms with Crippen molar-refractivity contribution < 1.29 is 14.3 Å². The maximum atomic E-state index is 12.6. The molecule has 0 saturated carbocycles. The van der Waals surface area contributed by atoms with Crippen LogP contribution < -0.4 is 4.74 Å². The number of allylic oxidation sites excluding steroid dienone is 2. The minimum absolute atomic E-state index is 0.126. The summed E-state index contributed by atoms with van der Waals surface area (Å²) in [6, 6.07) is 15.9. The van der Waals surface area contributed by atoms with Gasteiger partial charge in [0.05, 0.1) is 0 Å². The van der Waals surface area contributed by atoms with Crippen LogP contribution in [0, 0.1) is 0 Å². The minimum Gasteiger partial charge on any atom is -0.453 e. The molecule has 0 N–H and O–H groups in total. The Hall–Kier alpha value is -2.68. The molecule has 21 heavy (non-hydrogen) atoms. The average Bonchev–Trinajstić information content (AvgIpc) is 2.54. The summed E-state index contributed by atoms with van der Waals surface area (Å²) in [6.07, 6.45) is 0.459. The lowest BCUT2D eigenvalue weighted by molar-refractivity contribution is 0.0934. The minimum atomic E-state index is -0.231. The van der Waals surface area contributed by atoms with E-state index in [1.54, 1.807) is 36.4 Å². The van der Waals surface area contributed by atoms with E-state index in [-0.39, 0.29) is 17.3 Å². The number of benzene rings is 2. The molecule has 104 valence electrons. The zero-order chi connectivity index (χ0) is 14.8. The first kappa shape index (κ1) is 13.3. The Kier molecular flexibility index (Phi) is 3.40. The number of ether oxygens (including phenoxy) is 1. The van der Waals surface area contributed by atoms with Gasteiger partial charge in [0, 0.05) is 16.7 Å². The fourth-order valence-corrected chi connectivity index (χ4v) is 2.44. The highest BCUT2D eigenvalue weighted by Crippen LogP contribution is 2.29. The molecule has 0 unspecified atom stereocenters. The third-order valence-corrected chi connectivity index (χ3v) is 3.49. The second-order valence-corrected chi connectivity index (χ2v) is 4.78. The molecular formula is C18H14O3. The lowest BCUT2D eigenvalue weighted by atomic mass is 9.87. The van der Waals surface area contributed by atoms with Gasteiger partial charge in [-0.2, -0.15) is 0 Å². The van der Waals surface area contributed by atoms with Gasteiger partial charge in [-0.25, -0.2) is 0 Å². The summed E-state index contributed by atoms with van der Waals surface area (Å²) in [5.74, 6) is 0.343. The number of carbonyl (C=O) groups is 2. The first-order chi connectivity index (χ1) is 10.2. The van der Waals surface area contributed by atoms with Crippen molar-refractivity contribution in [1.29, 1.82) is 0 Å². The summed E-state index contributed by atoms with van der Waals surface area (Å²) >= 11 is 0. The molecule has 0 heterocycles. The maximum Gasteiger partial charge on any atom is 0.229 e. The van der Waals surface area contributed by atoms with Gasteiger partial charge < -0.3 is 4.74 Å². The van der Waals surface area contributed by atoms with E-state index < -0.39 is 0 Å². The number of fused-ring (bicyclic) bond motifs is 1. The van der Waals surface area contributed by atoms with Crippen LogP contribution in [0.2, 0.25) is 0 Å². The van der Waals surface area contributed by atoms with Crippen molar-refractivity contribution in [1.82, 2.24) is 0 Å². The number of ketones is 2. The van der Waals surface area contributed by atoms with E-state index in [0.29, 0.717) is 28.9 Å². The highest BCUT2D eigenvalue weighted by molar-refractivity contribution is 6.26. The molecule has 0 spiro atoms. The van der Waals surface area contributed by atoms with Crippen molar-refractivity contribution in [2.75, 3.05) is 0 Å². The normalized spacial score (nSPS) is 14.1. The second-order valence-electron chi connectivity index (χ2n) is 4.78. The molecule has 3 heteroatoms. The first-order valence-corrected chi connectivity index (χ1v) is 6.87. The fourth-order valence-electron chi connectivity index (χ4n) is 2.44. The van der Waals surface area contributed by atoms with Crippen LogP contribution in [-0.4, -0.2) is 11.6 Å². The van der Waals surface area contributed by atoms with Crippen molar-refractivity contribution >= 4 is 11.6 Å². The zero-order valence-electron chi connectivity index (χ0n) is 11.6. The largest absolute Gasteiger partial charge is 0.453 e. The summed E-state index contributed by atoms with van der Waals surface area (Å²) < 4.78 is 5.71. The van der Waals surface area contributed by atoms with E-state index in [0.717, 1.165) is 0 Å². The predicted molar refractivity (Wildman–Crippen MR) is 79.5 cm³/mol. The third kappa shape index (κ3) is 2.27. The Morgan fingerprint density at radius 3 is 2.00 bits per heavy atom. The van der Waals surface area contributed by atoms with Crippen molar-refractivity contribution in [2.24, 2.45) is 0 Å². The Bertz CT molecular complexity index is 742. The first-order valence-electron chi connectivity index (χ1n) is 6.87. The van der Waals surface area contributed by atoms with Gasteiger partial charge >= 0.3 is 0 Å². The average molecular weight is 278 g/mol. The summed E-state index contributed by atoms with van der Waals surface area (Å²) in [5, 5.41) is 0. The van der Waals surface area contributed by atoms with Crippen LogP contribution >= 0.6 is 0 Å². The molecule has 2 aromatic rings. The van der Waals surface area contributed by atoms with Crippen LogP contribution in [0.1, 0.15) is 34.1 Å². The quantitative estimate of drug-likeness (QED) is 0.857. The van der Waals surface area contributed by atoms with Gasteiger partial charge in [-0.1, -0.05) is 49.4 Å². The third-order valence-electron chi connectivity index (χ3n) is 3.49. The molecule has 0 saturated heterocycles. The molecule has 0 atom stereocenters. The number of Topliss-reactive ketones (excluding diaryl/α,β-unsaturated/α-hetero) is 2. The van der Waals surface area contributed by atoms with Crippen LogP contribution in [0.15, 0.2) is 65.9 Å². The molecule has 0 amide bonds. The van der Waals surface area contributed by atoms with Crippen LogP contribution in [0.4, 0.5) is 0 Å². The topological polar surface area (TPSA) is 43.4 Å². The van der Waals surface area contributed by atoms with Gasteiger partial charge in [0.2, 0.25) is 5.78 Å². The van der Waals surface area contributed by atoms with Crippen LogP contribution in [0.25, 0.3) is 0 Å². The SMILES string of the molecule is CCC1=C(Oc2ccccc2)C(=O)c2ccccc2C1=O. The molecule has 2 aromatic carbocycles. The standard InChI is InChI=1S/C18H14O3/c1-2-13-16(19)14-10-6-7-11-15(14)17(20)18(13)21-12-8-4-3-5-9-12/h3-11H,2H2,1H3. The maximum absolute atomic E-state index is 12.6. The molecule has 0 aromatic heterocycles. The molecule has 3 rings (SSSR count). The van der Waals surface area contributed by atoms with Crippen molar-refractivity contribution in [3.63, 3.8) is 0 Å². The van der Waals surface area contributed by atoms with E-state index in [2.05, 4.69) is 0 Å². The van der Waals surface area contributed by atoms with Crippen LogP contribution in [0.5, 0.6) is 5.75 Å². The monoisotopic (exact) mass is 278 g/mol. The molecule has 0 bridgehead atoms. The van der Waals surface area contributed by atoms with E-state index >= 15 is 0 Å². The van der Waals surface area contributed by atoms with E-state index in [4.69, 9.17) is 4.74 Å². The van der Waals surface area contributed by atoms with Crippen molar-refractivity contribution in [2.45, 2.75) is 13.3 Å². The number of rotatable bonds is 3. The highest BCUT2D eigenvalue weighted by Gasteiger charge is 2.32. The Morgan fingerprint density at radius 2 is 1.38 bits per heavy atom. The predicted octanol–water partition coefficient (Wildman–Crippen LogP) is 3.81. The fraction of sp³-hybridized carbons (Fsp3) is 0.111. The van der Waals surface area contributed by atoms with Gasteiger partial charge in [-0.15, -0.1) is 0 Å². The lowest BCUT2D eigenvalue weighted by Crippen LogP contribution is -2.24. The summed E-state index contributed by atoms with van der Waals surface area (Å²) in [7, 11) is 0. The highest BCUT2D eigenvalue weighted by atomic mass is 16.5. The number of carbonyl (C=O) groups excluding carboxylic acids is 2. The van der Waals surface area contributed by atoms with Crippen molar-refractivity contribution in [3.8, 4) is 5.75 Å². The number of para-hydroxylation sites is 1. The van der Waals surface area contributed by atoms with E-state index in [1.807, 2.05) is 25.1 Å². The Morgan fingerprint density at radius 1 is 0.810 bits per heavy atom.